The first-order valence-corrected chi connectivity index (χ1v) is 18.8. The molecule has 0 radical (unpaired) electrons. The molecule has 2 aromatic carbocycles. The van der Waals surface area contributed by atoms with Gasteiger partial charge in [0.05, 0.1) is 33.8 Å². The van der Waals surface area contributed by atoms with Crippen molar-refractivity contribution in [3.63, 3.8) is 0 Å². The van der Waals surface area contributed by atoms with Crippen LogP contribution in [0.15, 0.2) is 47.3 Å². The minimum Gasteiger partial charge on any atom is -0.494 e. The molecule has 4 aromatic rings. The molecule has 238 valence electrons. The number of methoxy groups -OCH3 is 1. The van der Waals surface area contributed by atoms with Gasteiger partial charge in [-0.3, -0.25) is 14.9 Å². The number of fused-ring (bicyclic) bond motifs is 1. The van der Waals surface area contributed by atoms with Gasteiger partial charge in [-0.15, -0.1) is 0 Å². The molecule has 2 aliphatic rings. The quantitative estimate of drug-likeness (QED) is 0.183. The van der Waals surface area contributed by atoms with E-state index in [1.54, 1.807) is 39.0 Å². The zero-order valence-corrected chi connectivity index (χ0v) is 29.0. The molecule has 13 heteroatoms. The third kappa shape index (κ3) is 6.79. The molecule has 0 amide bonds. The SMILES string of the molecule is CCNC1CN(C2CCN(c3cc(OC)c(Nc4ncc(Br)c(Nc5ccc6nccnc6c5P(C)(C)=O)n4)cc3C)CC2)C1. The Morgan fingerprint density at radius 1 is 1.04 bits per heavy atom. The van der Waals surface area contributed by atoms with Crippen LogP contribution in [0.5, 0.6) is 5.75 Å². The summed E-state index contributed by atoms with van der Waals surface area (Å²) in [6.45, 7) is 13.2. The van der Waals surface area contributed by atoms with E-state index < -0.39 is 7.14 Å². The summed E-state index contributed by atoms with van der Waals surface area (Å²) >= 11 is 3.57. The second-order valence-electron chi connectivity index (χ2n) is 12.1. The number of likely N-dealkylation sites (N-methyl/N-ethyl adjacent to an activating group) is 1. The maximum absolute atomic E-state index is 13.4. The fourth-order valence-electron chi connectivity index (χ4n) is 6.42. The molecule has 6 rings (SSSR count). The van der Waals surface area contributed by atoms with E-state index >= 15 is 0 Å². The fraction of sp³-hybridized carbons (Fsp3) is 0.438. The van der Waals surface area contributed by atoms with Crippen LogP contribution in [0.2, 0.25) is 0 Å². The standard InChI is InChI=1S/C32H41BrN9O2P/c1-6-34-21-18-42(19-21)22-9-13-41(14-10-22)27-16-28(44-3)26(15-20(27)2)39-32-37-17-23(33)31(40-32)38-25-8-7-24-29(36-12-11-35-24)30(25)45(4,5)43/h7-8,11-12,15-17,21-22,34H,6,9-10,13-14,18-19H2,1-5H3,(H2,37,38,39,40). The van der Waals surface area contributed by atoms with E-state index in [0.717, 1.165) is 49.7 Å². The molecule has 0 unspecified atom stereocenters. The molecule has 0 saturated carbocycles. The number of nitrogens with one attached hydrogen (secondary N) is 3. The normalized spacial score (nSPS) is 16.5. The lowest BCUT2D eigenvalue weighted by Crippen LogP contribution is -2.62. The molecule has 2 aromatic heterocycles. The van der Waals surface area contributed by atoms with Gasteiger partial charge in [0.1, 0.15) is 24.2 Å². The first-order chi connectivity index (χ1) is 21.6. The van der Waals surface area contributed by atoms with Crippen molar-refractivity contribution in [2.24, 2.45) is 0 Å². The lowest BCUT2D eigenvalue weighted by molar-refractivity contribution is 0.0638. The Hall–Kier alpha value is -3.31. The van der Waals surface area contributed by atoms with Gasteiger partial charge < -0.3 is 30.2 Å². The molecule has 0 atom stereocenters. The summed E-state index contributed by atoms with van der Waals surface area (Å²) in [7, 11) is -1.05. The summed E-state index contributed by atoms with van der Waals surface area (Å²) in [6, 6.07) is 9.26. The number of ether oxygens (including phenoxy) is 1. The third-order valence-corrected chi connectivity index (χ3v) is 10.7. The van der Waals surface area contributed by atoms with Crippen molar-refractivity contribution in [1.29, 1.82) is 0 Å². The number of anilines is 5. The van der Waals surface area contributed by atoms with Crippen LogP contribution in [0.25, 0.3) is 11.0 Å². The van der Waals surface area contributed by atoms with Crippen molar-refractivity contribution in [3.8, 4) is 5.75 Å². The predicted molar refractivity (Wildman–Crippen MR) is 187 cm³/mol. The van der Waals surface area contributed by atoms with E-state index in [0.29, 0.717) is 50.3 Å². The third-order valence-electron chi connectivity index (χ3n) is 8.64. The molecule has 11 nitrogen and oxygen atoms in total. The Balaban J connectivity index is 1.19. The van der Waals surface area contributed by atoms with Gasteiger partial charge in [-0.25, -0.2) is 4.98 Å². The van der Waals surface area contributed by atoms with E-state index in [-0.39, 0.29) is 0 Å². The number of rotatable bonds is 10. The number of nitrogens with zero attached hydrogens (tertiary/aromatic N) is 6. The number of likely N-dealkylation sites (tertiary alicyclic amines) is 1. The van der Waals surface area contributed by atoms with E-state index in [2.05, 4.69) is 82.6 Å². The first kappa shape index (κ1) is 31.7. The van der Waals surface area contributed by atoms with E-state index in [9.17, 15) is 4.57 Å². The molecule has 2 fully saturated rings. The highest BCUT2D eigenvalue weighted by Gasteiger charge is 2.34. The predicted octanol–water partition coefficient (Wildman–Crippen LogP) is 5.50. The molecule has 45 heavy (non-hydrogen) atoms. The first-order valence-electron chi connectivity index (χ1n) is 15.4. The van der Waals surface area contributed by atoms with Crippen molar-refractivity contribution in [1.82, 2.24) is 30.2 Å². The topological polar surface area (TPSA) is 120 Å². The van der Waals surface area contributed by atoms with Crippen LogP contribution in [0, 0.1) is 6.92 Å². The van der Waals surface area contributed by atoms with Crippen LogP contribution in [-0.2, 0) is 4.57 Å². The maximum Gasteiger partial charge on any atom is 0.229 e. The number of halogens is 1. The molecular weight excluding hydrogens is 653 g/mol. The zero-order valence-electron chi connectivity index (χ0n) is 26.5. The van der Waals surface area contributed by atoms with Crippen LogP contribution >= 0.6 is 23.1 Å². The Morgan fingerprint density at radius 3 is 2.51 bits per heavy atom. The highest BCUT2D eigenvalue weighted by molar-refractivity contribution is 9.10. The number of hydrogen-bond acceptors (Lipinski definition) is 11. The lowest BCUT2D eigenvalue weighted by atomic mass is 9.96. The van der Waals surface area contributed by atoms with Crippen molar-refractivity contribution in [2.45, 2.75) is 38.8 Å². The average Bonchev–Trinajstić information content (AvgIpc) is 3.00. The van der Waals surface area contributed by atoms with E-state index in [1.165, 1.54) is 18.5 Å². The maximum atomic E-state index is 13.4. The van der Waals surface area contributed by atoms with Gasteiger partial charge in [0.25, 0.3) is 0 Å². The Kier molecular flexibility index (Phi) is 9.29. The molecule has 0 spiro atoms. The zero-order chi connectivity index (χ0) is 31.7. The van der Waals surface area contributed by atoms with Gasteiger partial charge in [-0.1, -0.05) is 6.92 Å². The van der Waals surface area contributed by atoms with Gasteiger partial charge >= 0.3 is 0 Å². The second-order valence-corrected chi connectivity index (χ2v) is 16.1. The summed E-state index contributed by atoms with van der Waals surface area (Å²) in [5.74, 6) is 1.65. The van der Waals surface area contributed by atoms with E-state index in [4.69, 9.17) is 9.72 Å². The number of benzene rings is 2. The number of hydrogen-bond donors (Lipinski definition) is 3. The van der Waals surface area contributed by atoms with Crippen LogP contribution in [0.3, 0.4) is 0 Å². The van der Waals surface area contributed by atoms with Crippen LogP contribution in [0.4, 0.5) is 28.8 Å². The smallest absolute Gasteiger partial charge is 0.229 e. The molecular formula is C32H41BrN9O2P. The average molecular weight is 695 g/mol. The fourth-order valence-corrected chi connectivity index (χ4v) is 8.10. The highest BCUT2D eigenvalue weighted by Crippen LogP contribution is 2.41. The Bertz CT molecular complexity index is 1740. The molecule has 2 aliphatic heterocycles. The summed E-state index contributed by atoms with van der Waals surface area (Å²) in [5, 5.41) is 10.9. The van der Waals surface area contributed by atoms with E-state index in [1.807, 2.05) is 12.1 Å². The largest absolute Gasteiger partial charge is 0.494 e. The second kappa shape index (κ2) is 13.2. The van der Waals surface area contributed by atoms with Crippen LogP contribution in [-0.4, -0.2) is 90.1 Å². The van der Waals surface area contributed by atoms with Crippen LogP contribution < -0.4 is 30.9 Å². The Morgan fingerprint density at radius 2 is 1.80 bits per heavy atom. The summed E-state index contributed by atoms with van der Waals surface area (Å²) in [6.07, 6.45) is 7.27. The van der Waals surface area contributed by atoms with Crippen molar-refractivity contribution in [3.05, 3.63) is 52.9 Å². The minimum absolute atomic E-state index is 0.399. The van der Waals surface area contributed by atoms with Crippen LogP contribution in [0.1, 0.15) is 25.3 Å². The molecule has 2 saturated heterocycles. The van der Waals surface area contributed by atoms with Crippen molar-refractivity contribution in [2.75, 3.05) is 68.7 Å². The number of aromatic nitrogens is 4. The molecule has 0 aliphatic carbocycles. The summed E-state index contributed by atoms with van der Waals surface area (Å²) in [5.41, 5.74) is 5.10. The number of aryl methyl sites for hydroxylation is 1. The van der Waals surface area contributed by atoms with Crippen molar-refractivity contribution >= 4 is 68.2 Å². The molecule has 3 N–H and O–H groups in total. The van der Waals surface area contributed by atoms with Gasteiger partial charge in [-0.2, -0.15) is 4.98 Å². The Labute approximate surface area is 273 Å². The van der Waals surface area contributed by atoms with Gasteiger partial charge in [0, 0.05) is 68.6 Å². The van der Waals surface area contributed by atoms with Gasteiger partial charge in [0.2, 0.25) is 5.95 Å². The minimum atomic E-state index is -2.73. The van der Waals surface area contributed by atoms with Gasteiger partial charge in [-0.05, 0) is 79.3 Å². The summed E-state index contributed by atoms with van der Waals surface area (Å²) < 4.78 is 19.9. The summed E-state index contributed by atoms with van der Waals surface area (Å²) in [4.78, 5) is 23.2. The molecule has 0 bridgehead atoms. The molecule has 4 heterocycles. The monoisotopic (exact) mass is 693 g/mol. The number of piperidine rings is 1. The highest BCUT2D eigenvalue weighted by atomic mass is 79.9. The lowest BCUT2D eigenvalue weighted by Gasteiger charge is -2.47. The van der Waals surface area contributed by atoms with Gasteiger partial charge in [0.15, 0.2) is 0 Å². The van der Waals surface area contributed by atoms with Crippen molar-refractivity contribution < 1.29 is 9.30 Å².